The molecule has 0 unspecified atom stereocenters. The molecule has 3 aromatic rings. The predicted octanol–water partition coefficient (Wildman–Crippen LogP) is 3.52. The molecule has 0 aromatic carbocycles. The molecule has 7 nitrogen and oxygen atoms in total. The van der Waals surface area contributed by atoms with Crippen LogP contribution >= 0.6 is 11.3 Å². The fourth-order valence-electron chi connectivity index (χ4n) is 2.97. The summed E-state index contributed by atoms with van der Waals surface area (Å²) < 4.78 is 6.05. The molecule has 0 spiro atoms. The molecule has 4 rings (SSSR count). The van der Waals surface area contributed by atoms with E-state index in [9.17, 15) is 0 Å². The van der Waals surface area contributed by atoms with Crippen molar-refractivity contribution >= 4 is 22.3 Å². The van der Waals surface area contributed by atoms with Gasteiger partial charge in [0.15, 0.2) is 5.01 Å². The molecule has 0 aliphatic carbocycles. The third kappa shape index (κ3) is 4.40. The van der Waals surface area contributed by atoms with Crippen molar-refractivity contribution in [2.45, 2.75) is 25.9 Å². The Bertz CT molecular complexity index is 889. The van der Waals surface area contributed by atoms with Gasteiger partial charge in [-0.25, -0.2) is 9.97 Å². The minimum absolute atomic E-state index is 0.271. The maximum atomic E-state index is 6.05. The van der Waals surface area contributed by atoms with Gasteiger partial charge in [-0.2, -0.15) is 0 Å². The largest absolute Gasteiger partial charge is 0.489 e. The lowest BCUT2D eigenvalue weighted by Crippen LogP contribution is -2.35. The first-order valence-corrected chi connectivity index (χ1v) is 9.83. The lowest BCUT2D eigenvalue weighted by molar-refractivity contribution is 0.114. The predicted molar refractivity (Wildman–Crippen MR) is 107 cm³/mol. The van der Waals surface area contributed by atoms with E-state index in [-0.39, 0.29) is 6.10 Å². The molecule has 1 saturated heterocycles. The van der Waals surface area contributed by atoms with Gasteiger partial charge in [-0.1, -0.05) is 17.4 Å². The van der Waals surface area contributed by atoms with Crippen LogP contribution in [0.4, 0.5) is 10.9 Å². The summed E-state index contributed by atoms with van der Waals surface area (Å²) in [4.78, 5) is 11.1. The van der Waals surface area contributed by atoms with Crippen LogP contribution in [0.2, 0.25) is 0 Å². The SMILES string of the molecule is Cc1cccnc1Nc1nnc(-c2ccc(OC3CCN(C)CC3)cn2)s1. The second kappa shape index (κ2) is 7.98. The first kappa shape index (κ1) is 17.8. The molecular formula is C19H22N6OS. The molecule has 1 aliphatic rings. The number of hydrogen-bond acceptors (Lipinski definition) is 8. The van der Waals surface area contributed by atoms with Crippen molar-refractivity contribution in [2.24, 2.45) is 0 Å². The molecule has 0 bridgehead atoms. The van der Waals surface area contributed by atoms with Gasteiger partial charge in [0, 0.05) is 19.3 Å². The van der Waals surface area contributed by atoms with Crippen LogP contribution in [-0.2, 0) is 0 Å². The smallest absolute Gasteiger partial charge is 0.211 e. The number of hydrogen-bond donors (Lipinski definition) is 1. The van der Waals surface area contributed by atoms with Gasteiger partial charge in [0.1, 0.15) is 23.4 Å². The van der Waals surface area contributed by atoms with Gasteiger partial charge in [-0.05, 0) is 50.6 Å². The minimum Gasteiger partial charge on any atom is -0.489 e. The third-order valence-corrected chi connectivity index (χ3v) is 5.44. The van der Waals surface area contributed by atoms with E-state index >= 15 is 0 Å². The number of nitrogens with one attached hydrogen (secondary N) is 1. The van der Waals surface area contributed by atoms with Crippen LogP contribution in [0.15, 0.2) is 36.7 Å². The van der Waals surface area contributed by atoms with Crippen molar-refractivity contribution in [1.82, 2.24) is 25.1 Å². The Morgan fingerprint density at radius 1 is 1.15 bits per heavy atom. The number of nitrogens with zero attached hydrogens (tertiary/aromatic N) is 5. The fraction of sp³-hybridized carbons (Fsp3) is 0.368. The number of anilines is 2. The van der Waals surface area contributed by atoms with Crippen LogP contribution in [0, 0.1) is 6.92 Å². The summed E-state index contributed by atoms with van der Waals surface area (Å²) in [5.74, 6) is 1.59. The Balaban J connectivity index is 1.40. The van der Waals surface area contributed by atoms with E-state index in [1.54, 1.807) is 12.4 Å². The van der Waals surface area contributed by atoms with Crippen molar-refractivity contribution in [3.63, 3.8) is 0 Å². The molecule has 0 amide bonds. The van der Waals surface area contributed by atoms with Crippen LogP contribution in [0.25, 0.3) is 10.7 Å². The standard InChI is InChI=1S/C19H22N6OS/c1-13-4-3-9-20-17(13)22-19-24-23-18(27-19)16-6-5-15(12-21-16)26-14-7-10-25(2)11-8-14/h3-6,9,12,14H,7-8,10-11H2,1-2H3,(H,20,22,24). The van der Waals surface area contributed by atoms with E-state index in [0.717, 1.165) is 53.8 Å². The molecular weight excluding hydrogens is 360 g/mol. The van der Waals surface area contributed by atoms with Crippen LogP contribution in [0.5, 0.6) is 5.75 Å². The van der Waals surface area contributed by atoms with E-state index in [4.69, 9.17) is 4.74 Å². The normalized spacial score (nSPS) is 15.6. The van der Waals surface area contributed by atoms with E-state index in [1.165, 1.54) is 11.3 Å². The molecule has 4 heterocycles. The lowest BCUT2D eigenvalue weighted by atomic mass is 10.1. The average molecular weight is 382 g/mol. The molecule has 1 fully saturated rings. The number of aromatic nitrogens is 4. The molecule has 27 heavy (non-hydrogen) atoms. The van der Waals surface area contributed by atoms with Crippen LogP contribution in [-0.4, -0.2) is 51.3 Å². The summed E-state index contributed by atoms with van der Waals surface area (Å²) in [5, 5.41) is 13.1. The van der Waals surface area contributed by atoms with E-state index < -0.39 is 0 Å². The molecule has 0 saturated carbocycles. The number of rotatable bonds is 5. The number of likely N-dealkylation sites (tertiary alicyclic amines) is 1. The summed E-state index contributed by atoms with van der Waals surface area (Å²) in [7, 11) is 2.15. The van der Waals surface area contributed by atoms with Crippen molar-refractivity contribution in [1.29, 1.82) is 0 Å². The zero-order valence-electron chi connectivity index (χ0n) is 15.4. The molecule has 0 radical (unpaired) electrons. The highest BCUT2D eigenvalue weighted by Gasteiger charge is 2.18. The third-order valence-electron chi connectivity index (χ3n) is 4.58. The fourth-order valence-corrected chi connectivity index (χ4v) is 3.69. The minimum atomic E-state index is 0.271. The summed E-state index contributed by atoms with van der Waals surface area (Å²) >= 11 is 1.45. The summed E-state index contributed by atoms with van der Waals surface area (Å²) in [6.07, 6.45) is 5.90. The molecule has 140 valence electrons. The average Bonchev–Trinajstić information content (AvgIpc) is 3.15. The molecule has 3 aromatic heterocycles. The quantitative estimate of drug-likeness (QED) is 0.723. The number of ether oxygens (including phenoxy) is 1. The first-order valence-electron chi connectivity index (χ1n) is 9.01. The maximum Gasteiger partial charge on any atom is 0.211 e. The zero-order chi connectivity index (χ0) is 18.6. The highest BCUT2D eigenvalue weighted by Crippen LogP contribution is 2.28. The van der Waals surface area contributed by atoms with Gasteiger partial charge in [-0.15, -0.1) is 10.2 Å². The van der Waals surface area contributed by atoms with Crippen molar-refractivity contribution in [2.75, 3.05) is 25.5 Å². The number of piperidine rings is 1. The van der Waals surface area contributed by atoms with Crippen LogP contribution in [0.1, 0.15) is 18.4 Å². The topological polar surface area (TPSA) is 76.1 Å². The van der Waals surface area contributed by atoms with Gasteiger partial charge >= 0.3 is 0 Å². The van der Waals surface area contributed by atoms with Crippen LogP contribution in [0.3, 0.4) is 0 Å². The lowest BCUT2D eigenvalue weighted by Gasteiger charge is -2.29. The first-order chi connectivity index (χ1) is 13.2. The van der Waals surface area contributed by atoms with Crippen molar-refractivity contribution in [3.05, 3.63) is 42.2 Å². The van der Waals surface area contributed by atoms with Crippen molar-refractivity contribution < 1.29 is 4.74 Å². The van der Waals surface area contributed by atoms with Gasteiger partial charge < -0.3 is 15.0 Å². The highest BCUT2D eigenvalue weighted by molar-refractivity contribution is 7.18. The molecule has 0 atom stereocenters. The second-order valence-electron chi connectivity index (χ2n) is 6.71. The van der Waals surface area contributed by atoms with E-state index in [1.807, 2.05) is 31.2 Å². The van der Waals surface area contributed by atoms with Crippen LogP contribution < -0.4 is 10.1 Å². The maximum absolute atomic E-state index is 6.05. The summed E-state index contributed by atoms with van der Waals surface area (Å²) in [5.41, 5.74) is 1.84. The Morgan fingerprint density at radius 2 is 2.00 bits per heavy atom. The number of aryl methyl sites for hydroxylation is 1. The van der Waals surface area contributed by atoms with Crippen molar-refractivity contribution in [3.8, 4) is 16.5 Å². The van der Waals surface area contributed by atoms with E-state index in [2.05, 4.69) is 37.4 Å². The van der Waals surface area contributed by atoms with Gasteiger partial charge in [0.25, 0.3) is 0 Å². The Morgan fingerprint density at radius 3 is 2.74 bits per heavy atom. The Kier molecular flexibility index (Phi) is 5.26. The van der Waals surface area contributed by atoms with Gasteiger partial charge in [-0.3, -0.25) is 0 Å². The van der Waals surface area contributed by atoms with Gasteiger partial charge in [0.2, 0.25) is 5.13 Å². The number of pyridine rings is 2. The van der Waals surface area contributed by atoms with Gasteiger partial charge in [0.05, 0.1) is 6.20 Å². The summed E-state index contributed by atoms with van der Waals surface area (Å²) in [6, 6.07) is 7.80. The summed E-state index contributed by atoms with van der Waals surface area (Å²) in [6.45, 7) is 4.15. The monoisotopic (exact) mass is 382 g/mol. The Labute approximate surface area is 162 Å². The highest BCUT2D eigenvalue weighted by atomic mass is 32.1. The molecule has 1 aliphatic heterocycles. The second-order valence-corrected chi connectivity index (χ2v) is 7.68. The Hall–Kier alpha value is -2.58. The molecule has 8 heteroatoms. The zero-order valence-corrected chi connectivity index (χ0v) is 16.2. The van der Waals surface area contributed by atoms with E-state index in [0.29, 0.717) is 5.13 Å². The molecule has 1 N–H and O–H groups in total.